The minimum absolute atomic E-state index is 0.327. The molecule has 21 heavy (non-hydrogen) atoms. The van der Waals surface area contributed by atoms with E-state index in [0.29, 0.717) is 10.3 Å². The minimum Gasteiger partial charge on any atom is -0.339 e. The lowest BCUT2D eigenvalue weighted by atomic mass is 10.1. The van der Waals surface area contributed by atoms with Crippen LogP contribution in [0.1, 0.15) is 6.92 Å². The van der Waals surface area contributed by atoms with E-state index in [1.807, 2.05) is 18.2 Å². The highest BCUT2D eigenvalue weighted by Gasteiger charge is 2.15. The first-order valence-corrected chi connectivity index (χ1v) is 7.40. The van der Waals surface area contributed by atoms with Gasteiger partial charge in [-0.15, -0.1) is 10.2 Å². The number of rotatable bonds is 3. The molecule has 3 rings (SSSR count). The largest absolute Gasteiger partial charge is 0.339 e. The lowest BCUT2D eigenvalue weighted by molar-refractivity contribution is 0.977. The SMILES string of the molecule is CCN(c1cc(Cl)nnc1Cl)c1cccc2ccccc12. The summed E-state index contributed by atoms with van der Waals surface area (Å²) in [6.45, 7) is 2.81. The van der Waals surface area contributed by atoms with Crippen LogP contribution in [0.15, 0.2) is 48.5 Å². The second kappa shape index (κ2) is 5.88. The highest BCUT2D eigenvalue weighted by molar-refractivity contribution is 6.33. The van der Waals surface area contributed by atoms with Gasteiger partial charge in [0.2, 0.25) is 0 Å². The first kappa shape index (κ1) is 14.1. The summed E-state index contributed by atoms with van der Waals surface area (Å²) in [7, 11) is 0. The molecule has 3 aromatic rings. The van der Waals surface area contributed by atoms with E-state index in [0.717, 1.165) is 23.3 Å². The Kier molecular flexibility index (Phi) is 3.95. The van der Waals surface area contributed by atoms with Crippen molar-refractivity contribution < 1.29 is 0 Å². The van der Waals surface area contributed by atoms with Gasteiger partial charge in [-0.2, -0.15) is 0 Å². The molecule has 0 radical (unpaired) electrons. The third-order valence-electron chi connectivity index (χ3n) is 3.36. The molecule has 2 aromatic carbocycles. The molecule has 0 spiro atoms. The monoisotopic (exact) mass is 317 g/mol. The number of anilines is 2. The maximum Gasteiger partial charge on any atom is 0.175 e. The number of fused-ring (bicyclic) bond motifs is 1. The van der Waals surface area contributed by atoms with E-state index < -0.39 is 0 Å². The zero-order valence-electron chi connectivity index (χ0n) is 11.4. The fraction of sp³-hybridized carbons (Fsp3) is 0.125. The third-order valence-corrected chi connectivity index (χ3v) is 3.82. The van der Waals surface area contributed by atoms with Gasteiger partial charge in [0.15, 0.2) is 10.3 Å². The van der Waals surface area contributed by atoms with Gasteiger partial charge in [0.1, 0.15) is 0 Å². The topological polar surface area (TPSA) is 29.0 Å². The Morgan fingerprint density at radius 2 is 1.71 bits per heavy atom. The molecule has 0 aliphatic carbocycles. The van der Waals surface area contributed by atoms with Crippen molar-refractivity contribution in [1.29, 1.82) is 0 Å². The molecule has 0 amide bonds. The van der Waals surface area contributed by atoms with Gasteiger partial charge < -0.3 is 4.90 Å². The zero-order chi connectivity index (χ0) is 14.8. The van der Waals surface area contributed by atoms with Crippen molar-refractivity contribution in [2.45, 2.75) is 6.92 Å². The van der Waals surface area contributed by atoms with Crippen LogP contribution in [-0.2, 0) is 0 Å². The van der Waals surface area contributed by atoms with E-state index in [9.17, 15) is 0 Å². The molecule has 1 aromatic heterocycles. The molecule has 0 saturated heterocycles. The summed E-state index contributed by atoms with van der Waals surface area (Å²) >= 11 is 12.2. The predicted octanol–water partition coefficient (Wildman–Crippen LogP) is 5.09. The average molecular weight is 318 g/mol. The molecule has 5 heteroatoms. The quantitative estimate of drug-likeness (QED) is 0.673. The van der Waals surface area contributed by atoms with Crippen molar-refractivity contribution in [3.8, 4) is 0 Å². The van der Waals surface area contributed by atoms with Gasteiger partial charge in [-0.3, -0.25) is 0 Å². The van der Waals surface area contributed by atoms with E-state index in [-0.39, 0.29) is 0 Å². The van der Waals surface area contributed by atoms with E-state index in [1.165, 1.54) is 5.39 Å². The van der Waals surface area contributed by atoms with Gasteiger partial charge in [0.05, 0.1) is 5.69 Å². The first-order valence-electron chi connectivity index (χ1n) is 6.64. The summed E-state index contributed by atoms with van der Waals surface area (Å²) in [6.07, 6.45) is 0. The van der Waals surface area contributed by atoms with Crippen molar-refractivity contribution in [2.24, 2.45) is 0 Å². The van der Waals surface area contributed by atoms with Gasteiger partial charge in [-0.05, 0) is 18.4 Å². The minimum atomic E-state index is 0.327. The summed E-state index contributed by atoms with van der Waals surface area (Å²) in [5.41, 5.74) is 1.83. The highest BCUT2D eigenvalue weighted by Crippen LogP contribution is 2.35. The molecule has 3 nitrogen and oxygen atoms in total. The lowest BCUT2D eigenvalue weighted by Gasteiger charge is -2.25. The molecule has 0 N–H and O–H groups in total. The Balaban J connectivity index is 2.21. The predicted molar refractivity (Wildman–Crippen MR) is 88.7 cm³/mol. The summed E-state index contributed by atoms with van der Waals surface area (Å²) < 4.78 is 0. The van der Waals surface area contributed by atoms with E-state index in [2.05, 4.69) is 46.3 Å². The Hall–Kier alpha value is -1.84. The van der Waals surface area contributed by atoms with Crippen molar-refractivity contribution in [2.75, 3.05) is 11.4 Å². The molecular formula is C16H13Cl2N3. The maximum atomic E-state index is 6.20. The normalized spacial score (nSPS) is 10.8. The number of nitrogens with zero attached hydrogens (tertiary/aromatic N) is 3. The molecule has 0 unspecified atom stereocenters. The third kappa shape index (κ3) is 2.67. The summed E-state index contributed by atoms with van der Waals surface area (Å²) in [5, 5.41) is 10.7. The summed E-state index contributed by atoms with van der Waals surface area (Å²) in [4.78, 5) is 2.09. The Morgan fingerprint density at radius 1 is 0.952 bits per heavy atom. The molecule has 0 fully saturated rings. The number of hydrogen-bond donors (Lipinski definition) is 0. The van der Waals surface area contributed by atoms with Crippen molar-refractivity contribution >= 4 is 45.3 Å². The fourth-order valence-corrected chi connectivity index (χ4v) is 2.78. The summed E-state index contributed by atoms with van der Waals surface area (Å²) in [5.74, 6) is 0. The molecule has 0 saturated carbocycles. The number of aromatic nitrogens is 2. The van der Waals surface area contributed by atoms with Crippen molar-refractivity contribution in [3.05, 3.63) is 58.8 Å². The molecule has 106 valence electrons. The number of halogens is 2. The van der Waals surface area contributed by atoms with Crippen LogP contribution in [0.4, 0.5) is 11.4 Å². The Bertz CT molecular complexity index is 784. The van der Waals surface area contributed by atoms with Crippen LogP contribution < -0.4 is 4.90 Å². The molecule has 0 bridgehead atoms. The van der Waals surface area contributed by atoms with Crippen LogP contribution in [0.25, 0.3) is 10.8 Å². The second-order valence-electron chi connectivity index (χ2n) is 4.59. The van der Waals surface area contributed by atoms with Gasteiger partial charge in [0, 0.05) is 23.7 Å². The average Bonchev–Trinajstić information content (AvgIpc) is 2.51. The lowest BCUT2D eigenvalue weighted by Crippen LogP contribution is -2.17. The summed E-state index contributed by atoms with van der Waals surface area (Å²) in [6, 6.07) is 16.2. The molecule has 0 atom stereocenters. The molecule has 1 heterocycles. The Morgan fingerprint density at radius 3 is 2.52 bits per heavy atom. The van der Waals surface area contributed by atoms with Crippen LogP contribution in [0, 0.1) is 0 Å². The van der Waals surface area contributed by atoms with Crippen LogP contribution >= 0.6 is 23.2 Å². The zero-order valence-corrected chi connectivity index (χ0v) is 12.9. The highest BCUT2D eigenvalue weighted by atomic mass is 35.5. The molecule has 0 aliphatic heterocycles. The van der Waals surface area contributed by atoms with Gasteiger partial charge >= 0.3 is 0 Å². The van der Waals surface area contributed by atoms with E-state index >= 15 is 0 Å². The van der Waals surface area contributed by atoms with Crippen molar-refractivity contribution in [3.63, 3.8) is 0 Å². The van der Waals surface area contributed by atoms with Crippen LogP contribution in [-0.4, -0.2) is 16.7 Å². The second-order valence-corrected chi connectivity index (χ2v) is 5.33. The van der Waals surface area contributed by atoms with Crippen LogP contribution in [0.5, 0.6) is 0 Å². The van der Waals surface area contributed by atoms with Crippen molar-refractivity contribution in [1.82, 2.24) is 10.2 Å². The first-order chi connectivity index (χ1) is 10.2. The maximum absolute atomic E-state index is 6.20. The van der Waals surface area contributed by atoms with Gasteiger partial charge in [0.25, 0.3) is 0 Å². The number of hydrogen-bond acceptors (Lipinski definition) is 3. The molecule has 0 aliphatic rings. The number of benzene rings is 2. The van der Waals surface area contributed by atoms with E-state index in [1.54, 1.807) is 6.07 Å². The standard InChI is InChI=1S/C16H13Cl2N3/c1-2-21(14-10-15(17)19-20-16(14)18)13-9-5-7-11-6-3-4-8-12(11)13/h3-10H,2H2,1H3. The van der Waals surface area contributed by atoms with Crippen LogP contribution in [0.3, 0.4) is 0 Å². The smallest absolute Gasteiger partial charge is 0.175 e. The fourth-order valence-electron chi connectivity index (χ4n) is 2.45. The van der Waals surface area contributed by atoms with E-state index in [4.69, 9.17) is 23.2 Å². The van der Waals surface area contributed by atoms with Gasteiger partial charge in [-0.1, -0.05) is 59.6 Å². The van der Waals surface area contributed by atoms with Gasteiger partial charge in [-0.25, -0.2) is 0 Å². The Labute approximate surface area is 133 Å². The van der Waals surface area contributed by atoms with Crippen LogP contribution in [0.2, 0.25) is 10.3 Å². The molecular weight excluding hydrogens is 305 g/mol.